The van der Waals surface area contributed by atoms with Gasteiger partial charge < -0.3 is 4.74 Å². The maximum atomic E-state index is 12.6. The van der Waals surface area contributed by atoms with Crippen LogP contribution in [0.2, 0.25) is 0 Å². The maximum Gasteiger partial charge on any atom is 0.308 e. The Kier molecular flexibility index (Phi) is 9.31. The molecule has 0 aromatic carbocycles. The number of ether oxygens (including phenoxy) is 1. The Labute approximate surface area is 136 Å². The smallest absolute Gasteiger partial charge is 0.308 e. The highest BCUT2D eigenvalue weighted by molar-refractivity contribution is 5.86. The van der Waals surface area contributed by atoms with Gasteiger partial charge in [-0.15, -0.1) is 0 Å². The van der Waals surface area contributed by atoms with Crippen LogP contribution in [0.4, 0.5) is 0 Å². The van der Waals surface area contributed by atoms with Crippen molar-refractivity contribution in [2.45, 2.75) is 74.1 Å². The lowest BCUT2D eigenvalue weighted by Crippen LogP contribution is -2.29. The Morgan fingerprint density at radius 2 is 1.64 bits per heavy atom. The molecule has 0 amide bonds. The number of esters is 1. The van der Waals surface area contributed by atoms with E-state index in [1.807, 2.05) is 34.6 Å². The first-order valence-electron chi connectivity index (χ1n) is 8.46. The molecule has 2 unspecified atom stereocenters. The van der Waals surface area contributed by atoms with Crippen LogP contribution in [-0.4, -0.2) is 18.4 Å². The Morgan fingerprint density at radius 3 is 2.14 bits per heavy atom. The topological polar surface area (TPSA) is 43.4 Å². The van der Waals surface area contributed by atoms with Gasteiger partial charge >= 0.3 is 5.97 Å². The van der Waals surface area contributed by atoms with Gasteiger partial charge in [0.15, 0.2) is 0 Å². The Morgan fingerprint density at radius 1 is 1.09 bits per heavy atom. The summed E-state index contributed by atoms with van der Waals surface area (Å²) < 4.78 is 5.00. The third-order valence-electron chi connectivity index (χ3n) is 4.10. The molecule has 0 saturated carbocycles. The third-order valence-corrected chi connectivity index (χ3v) is 4.10. The Balaban J connectivity index is 4.31. The number of rotatable bonds is 10. The Bertz CT molecular complexity index is 389. The van der Waals surface area contributed by atoms with E-state index in [2.05, 4.69) is 19.9 Å². The highest BCUT2D eigenvalue weighted by Crippen LogP contribution is 2.29. The minimum Gasteiger partial charge on any atom is -0.466 e. The van der Waals surface area contributed by atoms with E-state index < -0.39 is 0 Å². The lowest BCUT2D eigenvalue weighted by molar-refractivity contribution is -0.147. The molecule has 0 aliphatic rings. The number of hydrogen-bond donors (Lipinski definition) is 0. The molecule has 0 aromatic heterocycles. The van der Waals surface area contributed by atoms with Crippen LogP contribution in [0.1, 0.15) is 74.1 Å². The standard InChI is InChI=1S/C19H34O3/c1-8-22-18(21)16(5)11-9-10-15(4)17(20)19(6,7)13-12-14(2)3/h12,15-16H,8-11,13H2,1-7H3. The van der Waals surface area contributed by atoms with Gasteiger partial charge in [0, 0.05) is 11.3 Å². The van der Waals surface area contributed by atoms with Gasteiger partial charge in [-0.25, -0.2) is 0 Å². The van der Waals surface area contributed by atoms with Crippen molar-refractivity contribution in [3.63, 3.8) is 0 Å². The molecule has 0 aliphatic heterocycles. The van der Waals surface area contributed by atoms with Gasteiger partial charge in [-0.3, -0.25) is 9.59 Å². The van der Waals surface area contributed by atoms with Crippen LogP contribution in [0.15, 0.2) is 11.6 Å². The van der Waals surface area contributed by atoms with E-state index in [9.17, 15) is 9.59 Å². The fourth-order valence-electron chi connectivity index (χ4n) is 2.49. The number of Topliss-reactive ketones (excluding diaryl/α,β-unsaturated/α-hetero) is 1. The van der Waals surface area contributed by atoms with E-state index in [0.717, 1.165) is 25.7 Å². The van der Waals surface area contributed by atoms with Crippen molar-refractivity contribution in [2.75, 3.05) is 6.61 Å². The van der Waals surface area contributed by atoms with Crippen molar-refractivity contribution in [1.82, 2.24) is 0 Å². The van der Waals surface area contributed by atoms with E-state index >= 15 is 0 Å². The Hall–Kier alpha value is -1.12. The monoisotopic (exact) mass is 310 g/mol. The summed E-state index contributed by atoms with van der Waals surface area (Å²) in [5.74, 6) is 0.134. The van der Waals surface area contributed by atoms with Crippen molar-refractivity contribution in [3.8, 4) is 0 Å². The summed E-state index contributed by atoms with van der Waals surface area (Å²) in [5.41, 5.74) is 0.931. The molecule has 0 saturated heterocycles. The van der Waals surface area contributed by atoms with E-state index in [0.29, 0.717) is 12.4 Å². The maximum absolute atomic E-state index is 12.6. The molecule has 0 bridgehead atoms. The van der Waals surface area contributed by atoms with Crippen LogP contribution in [0.3, 0.4) is 0 Å². The average Bonchev–Trinajstić information content (AvgIpc) is 2.44. The SMILES string of the molecule is CCOC(=O)C(C)CCCC(C)C(=O)C(C)(C)CC=C(C)C. The van der Waals surface area contributed by atoms with Gasteiger partial charge in [0.1, 0.15) is 5.78 Å². The van der Waals surface area contributed by atoms with Crippen LogP contribution in [-0.2, 0) is 14.3 Å². The first-order chi connectivity index (χ1) is 10.1. The molecule has 0 aliphatic carbocycles. The molecule has 0 radical (unpaired) electrons. The molecule has 3 heteroatoms. The predicted molar refractivity (Wildman–Crippen MR) is 91.6 cm³/mol. The van der Waals surface area contributed by atoms with Crippen LogP contribution < -0.4 is 0 Å². The van der Waals surface area contributed by atoms with Gasteiger partial charge in [-0.05, 0) is 40.0 Å². The van der Waals surface area contributed by atoms with Gasteiger partial charge in [0.25, 0.3) is 0 Å². The highest BCUT2D eigenvalue weighted by Gasteiger charge is 2.30. The lowest BCUT2D eigenvalue weighted by Gasteiger charge is -2.26. The third kappa shape index (κ3) is 7.77. The molecule has 2 atom stereocenters. The second-order valence-electron chi connectivity index (χ2n) is 7.22. The fourth-order valence-corrected chi connectivity index (χ4v) is 2.49. The normalized spacial score (nSPS) is 14.1. The van der Waals surface area contributed by atoms with Crippen LogP contribution in [0.25, 0.3) is 0 Å². The van der Waals surface area contributed by atoms with Gasteiger partial charge in [0.05, 0.1) is 12.5 Å². The minimum absolute atomic E-state index is 0.0370. The number of carbonyl (C=O) groups excluding carboxylic acids is 2. The number of allylic oxidation sites excluding steroid dienone is 2. The molecule has 22 heavy (non-hydrogen) atoms. The summed E-state index contributed by atoms with van der Waals surface area (Å²) in [6.45, 7) is 14.3. The summed E-state index contributed by atoms with van der Waals surface area (Å²) in [4.78, 5) is 24.1. The minimum atomic E-state index is -0.316. The zero-order chi connectivity index (χ0) is 17.3. The summed E-state index contributed by atoms with van der Waals surface area (Å²) in [7, 11) is 0. The predicted octanol–water partition coefficient (Wildman–Crippen LogP) is 4.94. The molecule has 0 heterocycles. The molecular formula is C19H34O3. The highest BCUT2D eigenvalue weighted by atomic mass is 16.5. The zero-order valence-electron chi connectivity index (χ0n) is 15.5. The second kappa shape index (κ2) is 9.81. The zero-order valence-corrected chi connectivity index (χ0v) is 15.5. The summed E-state index contributed by atoms with van der Waals surface area (Å²) in [5, 5.41) is 0. The van der Waals surface area contributed by atoms with Crippen molar-refractivity contribution < 1.29 is 14.3 Å². The summed E-state index contributed by atoms with van der Waals surface area (Å²) in [6.07, 6.45) is 5.42. The van der Waals surface area contributed by atoms with Crippen LogP contribution >= 0.6 is 0 Å². The summed E-state index contributed by atoms with van der Waals surface area (Å²) >= 11 is 0. The largest absolute Gasteiger partial charge is 0.466 e. The quantitative estimate of drug-likeness (QED) is 0.424. The first kappa shape index (κ1) is 20.9. The number of ketones is 1. The first-order valence-corrected chi connectivity index (χ1v) is 8.46. The molecule has 128 valence electrons. The van der Waals surface area contributed by atoms with E-state index in [1.165, 1.54) is 5.57 Å². The number of carbonyl (C=O) groups is 2. The molecule has 0 N–H and O–H groups in total. The molecular weight excluding hydrogens is 276 g/mol. The van der Waals surface area contributed by atoms with Crippen molar-refractivity contribution in [2.24, 2.45) is 17.3 Å². The van der Waals surface area contributed by atoms with E-state index in [-0.39, 0.29) is 23.2 Å². The average molecular weight is 310 g/mol. The van der Waals surface area contributed by atoms with E-state index in [4.69, 9.17) is 4.74 Å². The fraction of sp³-hybridized carbons (Fsp3) is 0.789. The van der Waals surface area contributed by atoms with Crippen molar-refractivity contribution >= 4 is 11.8 Å². The lowest BCUT2D eigenvalue weighted by atomic mass is 9.77. The molecule has 0 spiro atoms. The van der Waals surface area contributed by atoms with Crippen LogP contribution in [0, 0.1) is 17.3 Å². The van der Waals surface area contributed by atoms with Gasteiger partial charge in [-0.1, -0.05) is 45.8 Å². The van der Waals surface area contributed by atoms with Crippen molar-refractivity contribution in [3.05, 3.63) is 11.6 Å². The molecule has 0 rings (SSSR count). The molecule has 0 aromatic rings. The van der Waals surface area contributed by atoms with Gasteiger partial charge in [0.2, 0.25) is 0 Å². The molecule has 0 fully saturated rings. The van der Waals surface area contributed by atoms with Gasteiger partial charge in [-0.2, -0.15) is 0 Å². The molecule has 3 nitrogen and oxygen atoms in total. The number of hydrogen-bond acceptors (Lipinski definition) is 3. The van der Waals surface area contributed by atoms with E-state index in [1.54, 1.807) is 0 Å². The second-order valence-corrected chi connectivity index (χ2v) is 7.22. The van der Waals surface area contributed by atoms with Crippen LogP contribution in [0.5, 0.6) is 0 Å². The summed E-state index contributed by atoms with van der Waals surface area (Å²) in [6, 6.07) is 0. The van der Waals surface area contributed by atoms with Crippen molar-refractivity contribution in [1.29, 1.82) is 0 Å².